The molecule has 0 bridgehead atoms. The van der Waals surface area contributed by atoms with Crippen LogP contribution in [0.1, 0.15) is 5.56 Å². The Morgan fingerprint density at radius 2 is 1.89 bits per heavy atom. The van der Waals surface area contributed by atoms with Gasteiger partial charge in [-0.3, -0.25) is 0 Å². The summed E-state index contributed by atoms with van der Waals surface area (Å²) in [6.07, 6.45) is 0. The van der Waals surface area contributed by atoms with E-state index in [1.165, 1.54) is 25.3 Å². The smallest absolute Gasteiger partial charge is 0.142 e. The molecule has 0 amide bonds. The molecule has 19 heavy (non-hydrogen) atoms. The summed E-state index contributed by atoms with van der Waals surface area (Å²) in [6.45, 7) is 0. The third kappa shape index (κ3) is 2.64. The van der Waals surface area contributed by atoms with E-state index >= 15 is 0 Å². The summed E-state index contributed by atoms with van der Waals surface area (Å²) in [7, 11) is -0.0628. The molecule has 0 spiro atoms. The molecule has 2 rings (SSSR count). The van der Waals surface area contributed by atoms with Gasteiger partial charge in [0.2, 0.25) is 0 Å². The van der Waals surface area contributed by atoms with E-state index < -0.39 is 16.6 Å². The number of nitrogens with zero attached hydrogens (tertiary/aromatic N) is 1. The van der Waals surface area contributed by atoms with E-state index in [1.54, 1.807) is 30.3 Å². The fourth-order valence-electron chi connectivity index (χ4n) is 1.59. The molecule has 0 saturated carbocycles. The van der Waals surface area contributed by atoms with Crippen molar-refractivity contribution in [2.24, 2.45) is 0 Å². The van der Waals surface area contributed by atoms with E-state index in [9.17, 15) is 8.60 Å². The molecule has 0 unspecified atom stereocenters. The predicted molar refractivity (Wildman–Crippen MR) is 68.8 cm³/mol. The molecule has 0 aromatic heterocycles. The molecule has 0 aliphatic carbocycles. The number of benzene rings is 2. The number of rotatable bonds is 3. The van der Waals surface area contributed by atoms with Gasteiger partial charge in [0.1, 0.15) is 23.2 Å². The van der Waals surface area contributed by atoms with Crippen molar-refractivity contribution in [1.29, 1.82) is 5.26 Å². The average Bonchev–Trinajstić information content (AvgIpc) is 2.46. The molecule has 0 N–H and O–H groups in total. The first-order valence-electron chi connectivity index (χ1n) is 5.42. The largest absolute Gasteiger partial charge is 0.497 e. The fraction of sp³-hybridized carbons (Fsp3) is 0.0714. The lowest BCUT2D eigenvalue weighted by molar-refractivity contribution is 0.414. The lowest BCUT2D eigenvalue weighted by atomic mass is 10.2. The van der Waals surface area contributed by atoms with E-state index in [1.807, 2.05) is 0 Å². The van der Waals surface area contributed by atoms with Crippen LogP contribution in [0.3, 0.4) is 0 Å². The van der Waals surface area contributed by atoms with Crippen molar-refractivity contribution in [2.45, 2.75) is 9.79 Å². The second kappa shape index (κ2) is 5.63. The van der Waals surface area contributed by atoms with Gasteiger partial charge in [0.25, 0.3) is 0 Å². The summed E-state index contributed by atoms with van der Waals surface area (Å²) < 4.78 is 30.8. The Morgan fingerprint density at radius 3 is 2.47 bits per heavy atom. The van der Waals surface area contributed by atoms with Crippen molar-refractivity contribution in [2.75, 3.05) is 7.11 Å². The summed E-state index contributed by atoms with van der Waals surface area (Å²) in [5.41, 5.74) is -0.184. The Hall–Kier alpha value is -2.19. The molecule has 5 heteroatoms. The molecule has 2 aromatic carbocycles. The molecular formula is C14H10FNO2S. The van der Waals surface area contributed by atoms with Crippen molar-refractivity contribution < 1.29 is 13.3 Å². The lowest BCUT2D eigenvalue weighted by Gasteiger charge is -2.06. The van der Waals surface area contributed by atoms with Crippen LogP contribution in [0.4, 0.5) is 4.39 Å². The number of hydrogen-bond donors (Lipinski definition) is 0. The summed E-state index contributed by atoms with van der Waals surface area (Å²) in [5, 5.41) is 8.93. The van der Waals surface area contributed by atoms with Gasteiger partial charge in [0, 0.05) is 4.90 Å². The van der Waals surface area contributed by atoms with Crippen molar-refractivity contribution in [3.05, 3.63) is 53.8 Å². The van der Waals surface area contributed by atoms with Gasteiger partial charge in [0.05, 0.1) is 22.8 Å². The number of halogens is 1. The molecule has 3 nitrogen and oxygen atoms in total. The van der Waals surface area contributed by atoms with E-state index in [4.69, 9.17) is 10.00 Å². The molecule has 0 fully saturated rings. The van der Waals surface area contributed by atoms with Gasteiger partial charge in [-0.1, -0.05) is 6.07 Å². The first-order valence-corrected chi connectivity index (χ1v) is 6.57. The van der Waals surface area contributed by atoms with E-state index in [-0.39, 0.29) is 10.5 Å². The van der Waals surface area contributed by atoms with Gasteiger partial charge < -0.3 is 4.74 Å². The zero-order valence-corrected chi connectivity index (χ0v) is 10.9. The number of ether oxygens (including phenoxy) is 1. The SMILES string of the molecule is COc1ccc([S@@](=O)c2cccc(F)c2C#N)cc1. The van der Waals surface area contributed by atoms with E-state index in [0.717, 1.165) is 0 Å². The summed E-state index contributed by atoms with van der Waals surface area (Å²) in [5.74, 6) is -0.0256. The Balaban J connectivity index is 2.44. The van der Waals surface area contributed by atoms with Crippen LogP contribution in [0.5, 0.6) is 5.75 Å². The lowest BCUT2D eigenvalue weighted by Crippen LogP contribution is -1.98. The molecule has 0 aliphatic heterocycles. The number of nitriles is 1. The Bertz CT molecular complexity index is 662. The highest BCUT2D eigenvalue weighted by Crippen LogP contribution is 2.23. The molecule has 96 valence electrons. The quantitative estimate of drug-likeness (QED) is 0.865. The van der Waals surface area contributed by atoms with Crippen molar-refractivity contribution in [3.8, 4) is 11.8 Å². The fourth-order valence-corrected chi connectivity index (χ4v) is 2.76. The van der Waals surface area contributed by atoms with Crippen LogP contribution in [0, 0.1) is 17.1 Å². The van der Waals surface area contributed by atoms with Crippen LogP contribution in [-0.4, -0.2) is 11.3 Å². The summed E-state index contributed by atoms with van der Waals surface area (Å²) in [4.78, 5) is 0.663. The maximum atomic E-state index is 13.5. The zero-order chi connectivity index (χ0) is 13.8. The van der Waals surface area contributed by atoms with Crippen LogP contribution in [0.15, 0.2) is 52.3 Å². The highest BCUT2D eigenvalue weighted by atomic mass is 32.2. The molecule has 0 aliphatic rings. The van der Waals surface area contributed by atoms with Gasteiger partial charge >= 0.3 is 0 Å². The van der Waals surface area contributed by atoms with Gasteiger partial charge in [-0.2, -0.15) is 5.26 Å². The molecule has 0 saturated heterocycles. The van der Waals surface area contributed by atoms with Gasteiger partial charge in [0.15, 0.2) is 0 Å². The Morgan fingerprint density at radius 1 is 1.21 bits per heavy atom. The Kier molecular flexibility index (Phi) is 3.93. The van der Waals surface area contributed by atoms with Crippen LogP contribution >= 0.6 is 0 Å². The first kappa shape index (κ1) is 13.2. The van der Waals surface area contributed by atoms with E-state index in [2.05, 4.69) is 0 Å². The number of hydrogen-bond acceptors (Lipinski definition) is 3. The monoisotopic (exact) mass is 275 g/mol. The summed E-state index contributed by atoms with van der Waals surface area (Å²) in [6, 6.07) is 12.4. The second-order valence-corrected chi connectivity index (χ2v) is 5.12. The first-order chi connectivity index (χ1) is 9.17. The molecule has 1 atom stereocenters. The van der Waals surface area contributed by atoms with Crippen LogP contribution < -0.4 is 4.74 Å². The normalized spacial score (nSPS) is 11.6. The average molecular weight is 275 g/mol. The molecular weight excluding hydrogens is 265 g/mol. The van der Waals surface area contributed by atoms with Crippen LogP contribution in [0.2, 0.25) is 0 Å². The second-order valence-electron chi connectivity index (χ2n) is 3.67. The van der Waals surface area contributed by atoms with Crippen molar-refractivity contribution in [3.63, 3.8) is 0 Å². The topological polar surface area (TPSA) is 50.1 Å². The predicted octanol–water partition coefficient (Wildman–Crippen LogP) is 2.87. The minimum Gasteiger partial charge on any atom is -0.497 e. The molecule has 0 heterocycles. The van der Waals surface area contributed by atoms with Crippen LogP contribution in [0.25, 0.3) is 0 Å². The highest BCUT2D eigenvalue weighted by Gasteiger charge is 2.15. The maximum absolute atomic E-state index is 13.5. The van der Waals surface area contributed by atoms with E-state index in [0.29, 0.717) is 10.6 Å². The van der Waals surface area contributed by atoms with Crippen molar-refractivity contribution >= 4 is 10.8 Å². The highest BCUT2D eigenvalue weighted by molar-refractivity contribution is 7.85. The van der Waals surface area contributed by atoms with Crippen LogP contribution in [-0.2, 0) is 10.8 Å². The molecule has 0 radical (unpaired) electrons. The minimum absolute atomic E-state index is 0.174. The zero-order valence-electron chi connectivity index (χ0n) is 10.1. The van der Waals surface area contributed by atoms with Gasteiger partial charge in [-0.15, -0.1) is 0 Å². The third-order valence-electron chi connectivity index (χ3n) is 2.56. The van der Waals surface area contributed by atoms with Gasteiger partial charge in [-0.05, 0) is 36.4 Å². The number of methoxy groups -OCH3 is 1. The maximum Gasteiger partial charge on any atom is 0.142 e. The minimum atomic E-state index is -1.60. The summed E-state index contributed by atoms with van der Waals surface area (Å²) >= 11 is 0. The van der Waals surface area contributed by atoms with Crippen molar-refractivity contribution in [1.82, 2.24) is 0 Å². The third-order valence-corrected chi connectivity index (χ3v) is 4.00. The van der Waals surface area contributed by atoms with Gasteiger partial charge in [-0.25, -0.2) is 8.60 Å². The standard InChI is InChI=1S/C14H10FNO2S/c1-18-10-5-7-11(8-6-10)19(17)14-4-2-3-13(15)12(14)9-16/h2-8H,1H3/t19-/m1/s1. The molecule has 2 aromatic rings. The Labute approximate surface area is 112 Å².